The number of hydrogen-bond acceptors (Lipinski definition) is 8. The van der Waals surface area contributed by atoms with Crippen molar-refractivity contribution in [1.29, 1.82) is 0 Å². The maximum absolute atomic E-state index is 13.2. The van der Waals surface area contributed by atoms with E-state index in [-0.39, 0.29) is 23.9 Å². The standard InChI is InChI=1S/C27H31ClN4O4S2/c1-14-9-22(37-4)20(26(34)31-14)12-29-25(33)19-10-21(28)24-23(15(19)2)35-27(3,36-24)16-5-7-17(8-6-16)32-18-11-30-38-13-18/h9-11,13,16-17,32H,5-8,12H2,1-4H3,(H,29,33)(H,31,34). The Labute approximate surface area is 235 Å². The zero-order valence-electron chi connectivity index (χ0n) is 21.8. The molecule has 1 unspecified atom stereocenters. The number of halogens is 1. The Morgan fingerprint density at radius 3 is 2.66 bits per heavy atom. The van der Waals surface area contributed by atoms with Crippen molar-refractivity contribution in [2.24, 2.45) is 5.92 Å². The van der Waals surface area contributed by atoms with E-state index in [4.69, 9.17) is 21.1 Å². The van der Waals surface area contributed by atoms with Gasteiger partial charge in [0.1, 0.15) is 0 Å². The second-order valence-electron chi connectivity index (χ2n) is 10.0. The first-order valence-electron chi connectivity index (χ1n) is 12.6. The molecular formula is C27H31ClN4O4S2. The van der Waals surface area contributed by atoms with Crippen molar-refractivity contribution in [2.75, 3.05) is 11.6 Å². The highest BCUT2D eigenvalue weighted by molar-refractivity contribution is 7.98. The monoisotopic (exact) mass is 574 g/mol. The van der Waals surface area contributed by atoms with Gasteiger partial charge >= 0.3 is 0 Å². The highest BCUT2D eigenvalue weighted by Crippen LogP contribution is 2.51. The highest BCUT2D eigenvalue weighted by Gasteiger charge is 2.47. The summed E-state index contributed by atoms with van der Waals surface area (Å²) in [6.07, 6.45) is 7.63. The number of aryl methyl sites for hydroxylation is 1. The van der Waals surface area contributed by atoms with Crippen molar-refractivity contribution >= 4 is 46.5 Å². The van der Waals surface area contributed by atoms with Gasteiger partial charge in [0, 0.05) is 58.1 Å². The Kier molecular flexibility index (Phi) is 7.66. The van der Waals surface area contributed by atoms with Crippen LogP contribution in [0.5, 0.6) is 11.5 Å². The minimum absolute atomic E-state index is 0.104. The first kappa shape index (κ1) is 26.9. The topological polar surface area (TPSA) is 105 Å². The fraction of sp³-hybridized carbons (Fsp3) is 0.444. The predicted octanol–water partition coefficient (Wildman–Crippen LogP) is 5.91. The number of ether oxygens (including phenoxy) is 2. The number of aromatic nitrogens is 2. The summed E-state index contributed by atoms with van der Waals surface area (Å²) in [5.41, 5.74) is 3.22. The van der Waals surface area contributed by atoms with E-state index in [1.165, 1.54) is 23.3 Å². The third-order valence-electron chi connectivity index (χ3n) is 7.44. The number of carbonyl (C=O) groups is 1. The average Bonchev–Trinajstić information content (AvgIpc) is 3.54. The van der Waals surface area contributed by atoms with E-state index in [2.05, 4.69) is 20.0 Å². The molecule has 2 aliphatic rings. The third-order valence-corrected chi connectivity index (χ3v) is 9.11. The molecule has 38 heavy (non-hydrogen) atoms. The SMILES string of the molecule is CSc1cc(C)[nH]c(=O)c1CNC(=O)c1cc(Cl)c2c(c1C)OC(C)(C1CCC(Nc3cnsc3)CC1)O2. The molecule has 0 radical (unpaired) electrons. The van der Waals surface area contributed by atoms with Crippen LogP contribution >= 0.6 is 34.9 Å². The molecular weight excluding hydrogens is 544 g/mol. The minimum Gasteiger partial charge on any atom is -0.448 e. The van der Waals surface area contributed by atoms with Crippen LogP contribution in [0.15, 0.2) is 33.4 Å². The average molecular weight is 575 g/mol. The van der Waals surface area contributed by atoms with Crippen molar-refractivity contribution in [3.05, 3.63) is 61.5 Å². The molecule has 8 nitrogen and oxygen atoms in total. The summed E-state index contributed by atoms with van der Waals surface area (Å²) in [5.74, 6) is -0.0194. The summed E-state index contributed by atoms with van der Waals surface area (Å²) in [7, 11) is 0. The lowest BCUT2D eigenvalue weighted by Crippen LogP contribution is -2.46. The Hall–Kier alpha value is -2.69. The van der Waals surface area contributed by atoms with Gasteiger partial charge in [-0.05, 0) is 69.5 Å². The predicted molar refractivity (Wildman–Crippen MR) is 152 cm³/mol. The molecule has 1 saturated carbocycles. The van der Waals surface area contributed by atoms with Crippen molar-refractivity contribution in [3.63, 3.8) is 0 Å². The lowest BCUT2D eigenvalue weighted by molar-refractivity contribution is -0.120. The Morgan fingerprint density at radius 2 is 1.97 bits per heavy atom. The van der Waals surface area contributed by atoms with E-state index in [0.29, 0.717) is 39.3 Å². The van der Waals surface area contributed by atoms with Gasteiger partial charge in [-0.1, -0.05) is 11.6 Å². The Bertz CT molecular complexity index is 1400. The van der Waals surface area contributed by atoms with E-state index in [1.807, 2.05) is 44.7 Å². The molecule has 3 aromatic rings. The quantitative estimate of drug-likeness (QED) is 0.301. The van der Waals surface area contributed by atoms with Crippen molar-refractivity contribution in [1.82, 2.24) is 14.7 Å². The summed E-state index contributed by atoms with van der Waals surface area (Å²) in [5, 5.41) is 8.78. The van der Waals surface area contributed by atoms with Crippen LogP contribution in [-0.2, 0) is 6.54 Å². The summed E-state index contributed by atoms with van der Waals surface area (Å²) < 4.78 is 16.9. The zero-order valence-corrected chi connectivity index (χ0v) is 24.2. The van der Waals surface area contributed by atoms with Crippen molar-refractivity contribution < 1.29 is 14.3 Å². The number of benzene rings is 1. The molecule has 202 valence electrons. The number of thioether (sulfide) groups is 1. The molecule has 1 amide bonds. The zero-order chi connectivity index (χ0) is 27.0. The first-order valence-corrected chi connectivity index (χ1v) is 15.0. The lowest BCUT2D eigenvalue weighted by Gasteiger charge is -2.37. The lowest BCUT2D eigenvalue weighted by atomic mass is 9.81. The van der Waals surface area contributed by atoms with Gasteiger partial charge in [-0.2, -0.15) is 4.37 Å². The Balaban J connectivity index is 1.28. The summed E-state index contributed by atoms with van der Waals surface area (Å²) >= 11 is 9.52. The normalized spacial score (nSPS) is 22.3. The fourth-order valence-electron chi connectivity index (χ4n) is 5.32. The number of amides is 1. The molecule has 1 atom stereocenters. The smallest absolute Gasteiger partial charge is 0.254 e. The molecule has 1 aromatic carbocycles. The van der Waals surface area contributed by atoms with E-state index in [9.17, 15) is 9.59 Å². The van der Waals surface area contributed by atoms with E-state index in [1.54, 1.807) is 6.07 Å². The molecule has 0 bridgehead atoms. The Morgan fingerprint density at radius 1 is 1.24 bits per heavy atom. The number of hydrogen-bond donors (Lipinski definition) is 3. The van der Waals surface area contributed by atoms with Crippen LogP contribution < -0.4 is 25.7 Å². The van der Waals surface area contributed by atoms with Gasteiger partial charge in [-0.15, -0.1) is 11.8 Å². The van der Waals surface area contributed by atoms with Crippen LogP contribution in [-0.4, -0.2) is 33.3 Å². The molecule has 0 spiro atoms. The first-order chi connectivity index (χ1) is 18.2. The van der Waals surface area contributed by atoms with Crippen LogP contribution in [0.1, 0.15) is 59.8 Å². The van der Waals surface area contributed by atoms with Gasteiger partial charge in [0.2, 0.25) is 0 Å². The highest BCUT2D eigenvalue weighted by atomic mass is 35.5. The van der Waals surface area contributed by atoms with Gasteiger partial charge in [-0.25, -0.2) is 0 Å². The largest absolute Gasteiger partial charge is 0.448 e. The third kappa shape index (κ3) is 5.26. The van der Waals surface area contributed by atoms with E-state index >= 15 is 0 Å². The molecule has 3 N–H and O–H groups in total. The summed E-state index contributed by atoms with van der Waals surface area (Å²) in [4.78, 5) is 29.3. The number of fused-ring (bicyclic) bond motifs is 1. The van der Waals surface area contributed by atoms with Crippen LogP contribution in [0.25, 0.3) is 0 Å². The van der Waals surface area contributed by atoms with Crippen LogP contribution in [0.4, 0.5) is 5.69 Å². The second-order valence-corrected chi connectivity index (χ2v) is 11.9. The van der Waals surface area contributed by atoms with E-state index in [0.717, 1.165) is 42.0 Å². The second kappa shape index (κ2) is 10.8. The van der Waals surface area contributed by atoms with E-state index < -0.39 is 5.79 Å². The molecule has 1 aliphatic carbocycles. The number of anilines is 1. The van der Waals surface area contributed by atoms with Crippen LogP contribution in [0.3, 0.4) is 0 Å². The van der Waals surface area contributed by atoms with Gasteiger partial charge in [-0.3, -0.25) is 9.59 Å². The van der Waals surface area contributed by atoms with Gasteiger partial charge in [0.05, 0.1) is 16.9 Å². The molecule has 11 heteroatoms. The number of rotatable bonds is 7. The van der Waals surface area contributed by atoms with Crippen molar-refractivity contribution in [3.8, 4) is 11.5 Å². The molecule has 0 saturated heterocycles. The van der Waals surface area contributed by atoms with Crippen molar-refractivity contribution in [2.45, 2.75) is 69.7 Å². The molecule has 3 heterocycles. The van der Waals surface area contributed by atoms with Gasteiger partial charge in [0.25, 0.3) is 17.3 Å². The maximum Gasteiger partial charge on any atom is 0.254 e. The molecule has 1 aliphatic heterocycles. The van der Waals surface area contributed by atoms with Gasteiger partial charge < -0.3 is 25.1 Å². The molecule has 2 aromatic heterocycles. The van der Waals surface area contributed by atoms with Crippen LogP contribution in [0, 0.1) is 19.8 Å². The minimum atomic E-state index is -0.858. The number of nitrogens with zero attached hydrogens (tertiary/aromatic N) is 1. The molecule has 1 fully saturated rings. The number of nitrogens with one attached hydrogen (secondary N) is 3. The number of aromatic amines is 1. The summed E-state index contributed by atoms with van der Waals surface area (Å²) in [6, 6.07) is 3.91. The maximum atomic E-state index is 13.2. The number of H-pyrrole nitrogens is 1. The molecule has 5 rings (SSSR count). The number of carbonyl (C=O) groups excluding carboxylic acids is 1. The fourth-order valence-corrected chi connectivity index (χ4v) is 6.74. The van der Waals surface area contributed by atoms with Crippen LogP contribution in [0.2, 0.25) is 5.02 Å². The number of pyridine rings is 1. The summed E-state index contributed by atoms with van der Waals surface area (Å²) in [6.45, 7) is 5.73. The van der Waals surface area contributed by atoms with Gasteiger partial charge in [0.15, 0.2) is 11.5 Å².